The second kappa shape index (κ2) is 5.26. The third-order valence-corrected chi connectivity index (χ3v) is 3.61. The van der Waals surface area contributed by atoms with Crippen molar-refractivity contribution in [1.82, 2.24) is 14.7 Å². The van der Waals surface area contributed by atoms with Gasteiger partial charge >= 0.3 is 5.97 Å². The number of aromatic nitrogens is 2. The average Bonchev–Trinajstić information content (AvgIpc) is 2.92. The first-order valence-corrected chi connectivity index (χ1v) is 6.20. The summed E-state index contributed by atoms with van der Waals surface area (Å²) < 4.78 is 1.66. The number of carbonyl (C=O) groups is 2. The number of nitrogens with zero attached hydrogens (tertiary/aromatic N) is 3. The minimum absolute atomic E-state index is 0.155. The largest absolute Gasteiger partial charge is 0.481 e. The van der Waals surface area contributed by atoms with E-state index in [1.165, 1.54) is 6.08 Å². The lowest BCUT2D eigenvalue weighted by Crippen LogP contribution is -2.36. The molecule has 0 aromatic carbocycles. The summed E-state index contributed by atoms with van der Waals surface area (Å²) in [5, 5.41) is 13.0. The highest BCUT2D eigenvalue weighted by atomic mass is 16.4. The maximum atomic E-state index is 12.0. The Hall–Kier alpha value is -2.11. The third-order valence-electron chi connectivity index (χ3n) is 3.61. The van der Waals surface area contributed by atoms with Crippen LogP contribution in [0, 0.1) is 5.92 Å². The second-order valence-corrected chi connectivity index (χ2v) is 4.72. The Labute approximate surface area is 111 Å². The van der Waals surface area contributed by atoms with E-state index in [2.05, 4.69) is 5.10 Å². The molecule has 1 aromatic rings. The van der Waals surface area contributed by atoms with Gasteiger partial charge in [-0.1, -0.05) is 0 Å². The van der Waals surface area contributed by atoms with Crippen molar-refractivity contribution in [3.8, 4) is 0 Å². The van der Waals surface area contributed by atoms with Crippen LogP contribution in [0.15, 0.2) is 18.3 Å². The topological polar surface area (TPSA) is 75.4 Å². The van der Waals surface area contributed by atoms with Crippen LogP contribution >= 0.6 is 0 Å². The number of aryl methyl sites for hydroxylation is 1. The molecule has 2 unspecified atom stereocenters. The quantitative estimate of drug-likeness (QED) is 0.817. The lowest BCUT2D eigenvalue weighted by Gasteiger charge is -2.21. The van der Waals surface area contributed by atoms with Gasteiger partial charge in [0.25, 0.3) is 0 Å². The van der Waals surface area contributed by atoms with Gasteiger partial charge in [0.2, 0.25) is 5.91 Å². The van der Waals surface area contributed by atoms with E-state index < -0.39 is 11.9 Å². The van der Waals surface area contributed by atoms with E-state index in [0.29, 0.717) is 13.0 Å². The molecule has 0 spiro atoms. The number of amides is 1. The maximum absolute atomic E-state index is 12.0. The van der Waals surface area contributed by atoms with Crippen molar-refractivity contribution >= 4 is 18.0 Å². The van der Waals surface area contributed by atoms with E-state index in [4.69, 9.17) is 5.11 Å². The van der Waals surface area contributed by atoms with E-state index in [9.17, 15) is 9.59 Å². The smallest absolute Gasteiger partial charge is 0.308 e. The maximum Gasteiger partial charge on any atom is 0.308 e. The first kappa shape index (κ1) is 13.3. The van der Waals surface area contributed by atoms with Crippen LogP contribution in [0.2, 0.25) is 0 Å². The second-order valence-electron chi connectivity index (χ2n) is 4.72. The van der Waals surface area contributed by atoms with E-state index in [0.717, 1.165) is 5.69 Å². The lowest BCUT2D eigenvalue weighted by atomic mass is 10.0. The Morgan fingerprint density at radius 1 is 1.53 bits per heavy atom. The van der Waals surface area contributed by atoms with Gasteiger partial charge in [-0.2, -0.15) is 5.10 Å². The average molecular weight is 263 g/mol. The van der Waals surface area contributed by atoms with Crippen LogP contribution in [0.3, 0.4) is 0 Å². The molecule has 102 valence electrons. The molecule has 6 nitrogen and oxygen atoms in total. The van der Waals surface area contributed by atoms with Crippen LogP contribution in [-0.4, -0.2) is 44.3 Å². The Morgan fingerprint density at radius 2 is 2.26 bits per heavy atom. The van der Waals surface area contributed by atoms with E-state index in [1.807, 2.05) is 0 Å². The zero-order valence-electron chi connectivity index (χ0n) is 11.0. The lowest BCUT2D eigenvalue weighted by molar-refractivity contribution is -0.142. The van der Waals surface area contributed by atoms with Gasteiger partial charge in [0.05, 0.1) is 11.6 Å². The van der Waals surface area contributed by atoms with E-state index in [-0.39, 0.29) is 11.9 Å². The van der Waals surface area contributed by atoms with Crippen molar-refractivity contribution in [3.05, 3.63) is 24.0 Å². The molecular formula is C13H17N3O3. The molecule has 1 amide bonds. The van der Waals surface area contributed by atoms with Crippen LogP contribution in [-0.2, 0) is 16.6 Å². The molecule has 0 radical (unpaired) electrons. The molecule has 1 fully saturated rings. The summed E-state index contributed by atoms with van der Waals surface area (Å²) in [6, 6.07) is 1.54. The first-order valence-electron chi connectivity index (χ1n) is 6.20. The number of likely N-dealkylation sites (tertiary alicyclic amines) is 1. The highest BCUT2D eigenvalue weighted by Crippen LogP contribution is 2.24. The predicted molar refractivity (Wildman–Crippen MR) is 69.2 cm³/mol. The summed E-state index contributed by atoms with van der Waals surface area (Å²) in [7, 11) is 1.79. The summed E-state index contributed by atoms with van der Waals surface area (Å²) in [4.78, 5) is 24.7. The van der Waals surface area contributed by atoms with Gasteiger partial charge in [-0.05, 0) is 25.5 Å². The number of carboxylic acids is 1. The van der Waals surface area contributed by atoms with Gasteiger partial charge in [-0.25, -0.2) is 0 Å². The van der Waals surface area contributed by atoms with Crippen molar-refractivity contribution < 1.29 is 14.7 Å². The molecule has 2 atom stereocenters. The molecule has 1 aromatic heterocycles. The number of carbonyl (C=O) groups excluding carboxylic acids is 1. The molecule has 0 saturated carbocycles. The van der Waals surface area contributed by atoms with Gasteiger partial charge in [0.1, 0.15) is 0 Å². The molecule has 1 N–H and O–H groups in total. The summed E-state index contributed by atoms with van der Waals surface area (Å²) >= 11 is 0. The molecule has 1 saturated heterocycles. The highest BCUT2D eigenvalue weighted by molar-refractivity contribution is 5.92. The Morgan fingerprint density at radius 3 is 2.79 bits per heavy atom. The summed E-state index contributed by atoms with van der Waals surface area (Å²) in [6.45, 7) is 2.27. The van der Waals surface area contributed by atoms with Crippen LogP contribution < -0.4 is 0 Å². The van der Waals surface area contributed by atoms with Crippen molar-refractivity contribution in [3.63, 3.8) is 0 Å². The molecule has 2 heterocycles. The Bertz CT molecular complexity index is 521. The van der Waals surface area contributed by atoms with Crippen molar-refractivity contribution in [1.29, 1.82) is 0 Å². The predicted octanol–water partition coefficient (Wildman–Crippen LogP) is 0.755. The fraction of sp³-hybridized carbons (Fsp3) is 0.462. The molecule has 2 rings (SSSR count). The zero-order valence-corrected chi connectivity index (χ0v) is 11.0. The van der Waals surface area contributed by atoms with Crippen LogP contribution in [0.25, 0.3) is 6.08 Å². The van der Waals surface area contributed by atoms with Crippen molar-refractivity contribution in [2.45, 2.75) is 19.4 Å². The Balaban J connectivity index is 2.04. The summed E-state index contributed by atoms with van der Waals surface area (Å²) in [5.41, 5.74) is 0.829. The number of hydrogen-bond acceptors (Lipinski definition) is 3. The summed E-state index contributed by atoms with van der Waals surface area (Å²) in [5.74, 6) is -1.45. The normalized spacial score (nSPS) is 23.2. The molecule has 1 aliphatic heterocycles. The van der Waals surface area contributed by atoms with Gasteiger partial charge in [-0.15, -0.1) is 0 Å². The van der Waals surface area contributed by atoms with Gasteiger partial charge in [0.15, 0.2) is 0 Å². The van der Waals surface area contributed by atoms with E-state index >= 15 is 0 Å². The Kier molecular flexibility index (Phi) is 3.69. The number of carboxylic acid groups (broad SMARTS) is 1. The molecule has 6 heteroatoms. The van der Waals surface area contributed by atoms with Crippen molar-refractivity contribution in [2.24, 2.45) is 13.0 Å². The summed E-state index contributed by atoms with van der Waals surface area (Å²) in [6.07, 6.45) is 5.33. The van der Waals surface area contributed by atoms with Gasteiger partial charge < -0.3 is 10.0 Å². The number of hydrogen-bond donors (Lipinski definition) is 1. The third kappa shape index (κ3) is 2.67. The van der Waals surface area contributed by atoms with Crippen LogP contribution in [0.4, 0.5) is 0 Å². The molecular weight excluding hydrogens is 246 g/mol. The van der Waals surface area contributed by atoms with Crippen molar-refractivity contribution in [2.75, 3.05) is 6.54 Å². The SMILES string of the molecule is CC1C(C(=O)O)CCN1C(=O)C=Cc1ccnn1C. The fourth-order valence-corrected chi connectivity index (χ4v) is 2.38. The monoisotopic (exact) mass is 263 g/mol. The first-order chi connectivity index (χ1) is 9.00. The molecule has 0 bridgehead atoms. The highest BCUT2D eigenvalue weighted by Gasteiger charge is 2.37. The zero-order chi connectivity index (χ0) is 14.0. The van der Waals surface area contributed by atoms with Crippen LogP contribution in [0.5, 0.6) is 0 Å². The number of rotatable bonds is 3. The molecule has 0 aliphatic carbocycles. The standard InChI is InChI=1S/C13H17N3O3/c1-9-11(13(18)19)6-8-16(9)12(17)4-3-10-5-7-14-15(10)2/h3-5,7,9,11H,6,8H2,1-2H3,(H,18,19). The van der Waals surface area contributed by atoms with Gasteiger partial charge in [0, 0.05) is 31.9 Å². The minimum Gasteiger partial charge on any atom is -0.481 e. The fourth-order valence-electron chi connectivity index (χ4n) is 2.38. The van der Waals surface area contributed by atoms with Crippen LogP contribution in [0.1, 0.15) is 19.0 Å². The van der Waals surface area contributed by atoms with Gasteiger partial charge in [-0.3, -0.25) is 14.3 Å². The van der Waals surface area contributed by atoms with E-state index in [1.54, 1.807) is 41.9 Å². The number of aliphatic carboxylic acids is 1. The molecule has 19 heavy (non-hydrogen) atoms. The molecule has 1 aliphatic rings. The minimum atomic E-state index is -0.835.